The number of benzene rings is 3. The number of hydrogen-bond acceptors (Lipinski definition) is 1. The Hall–Kier alpha value is -1.42. The zero-order chi connectivity index (χ0) is 26.9. The largest absolute Gasteiger partial charge is 0.359 e. The molecule has 1 unspecified atom stereocenters. The molecule has 0 fully saturated rings. The first-order chi connectivity index (χ1) is 18.6. The Bertz CT molecular complexity index is 896. The van der Waals surface area contributed by atoms with E-state index >= 15 is 0 Å². The summed E-state index contributed by atoms with van der Waals surface area (Å²) in [7, 11) is 0. The molecule has 0 aliphatic rings. The van der Waals surface area contributed by atoms with Crippen molar-refractivity contribution in [2.24, 2.45) is 0 Å². The van der Waals surface area contributed by atoms with E-state index in [1.54, 1.807) is 0 Å². The predicted molar refractivity (Wildman–Crippen MR) is 172 cm³/mol. The van der Waals surface area contributed by atoms with Crippen LogP contribution in [0.2, 0.25) is 0 Å². The van der Waals surface area contributed by atoms with Gasteiger partial charge in [0.05, 0.1) is 10.9 Å². The molecular formula is C35H46Br2O. The zero-order valence-electron chi connectivity index (χ0n) is 23.2. The third-order valence-corrected chi connectivity index (χ3v) is 10.3. The van der Waals surface area contributed by atoms with Gasteiger partial charge >= 0.3 is 0 Å². The summed E-state index contributed by atoms with van der Waals surface area (Å²) in [5, 5.41) is 0.853. The van der Waals surface area contributed by atoms with E-state index in [0.29, 0.717) is 6.61 Å². The first-order valence-corrected chi connectivity index (χ1v) is 16.6. The molecule has 1 nitrogen and oxygen atoms in total. The topological polar surface area (TPSA) is 9.23 Å². The van der Waals surface area contributed by atoms with Crippen LogP contribution in [-0.2, 0) is 10.3 Å². The fourth-order valence-corrected chi connectivity index (χ4v) is 6.13. The van der Waals surface area contributed by atoms with Crippen LogP contribution < -0.4 is 0 Å². The Morgan fingerprint density at radius 2 is 0.921 bits per heavy atom. The van der Waals surface area contributed by atoms with Gasteiger partial charge in [-0.05, 0) is 23.1 Å². The molecule has 0 aliphatic heterocycles. The second-order valence-electron chi connectivity index (χ2n) is 10.6. The molecule has 0 bridgehead atoms. The van der Waals surface area contributed by atoms with Crippen molar-refractivity contribution in [3.63, 3.8) is 0 Å². The normalized spacial score (nSPS) is 13.3. The second kappa shape index (κ2) is 17.3. The van der Waals surface area contributed by atoms with Crippen LogP contribution in [0.15, 0.2) is 91.0 Å². The molecule has 0 saturated carbocycles. The summed E-state index contributed by atoms with van der Waals surface area (Å²) < 4.78 is 7.00. The smallest absolute Gasteiger partial charge is 0.143 e. The molecule has 0 aromatic heterocycles. The monoisotopic (exact) mass is 640 g/mol. The van der Waals surface area contributed by atoms with E-state index in [-0.39, 0.29) is 4.32 Å². The van der Waals surface area contributed by atoms with Gasteiger partial charge in [-0.15, -0.1) is 0 Å². The quantitative estimate of drug-likeness (QED) is 0.0718. The van der Waals surface area contributed by atoms with Crippen LogP contribution in [0, 0.1) is 0 Å². The first-order valence-electron chi connectivity index (χ1n) is 14.7. The molecule has 0 amide bonds. The van der Waals surface area contributed by atoms with Crippen LogP contribution in [-0.4, -0.2) is 16.3 Å². The number of alkyl halides is 2. The number of hydrogen-bond donors (Lipinski definition) is 0. The van der Waals surface area contributed by atoms with E-state index in [4.69, 9.17) is 4.74 Å². The summed E-state index contributed by atoms with van der Waals surface area (Å²) in [6.07, 6.45) is 16.1. The molecule has 0 radical (unpaired) electrons. The van der Waals surface area contributed by atoms with E-state index in [9.17, 15) is 0 Å². The van der Waals surface area contributed by atoms with Crippen molar-refractivity contribution in [3.8, 4) is 0 Å². The first kappa shape index (κ1) is 31.1. The Morgan fingerprint density at radius 3 is 1.29 bits per heavy atom. The molecule has 3 rings (SSSR count). The maximum absolute atomic E-state index is 7.12. The van der Waals surface area contributed by atoms with Gasteiger partial charge in [-0.2, -0.15) is 0 Å². The molecule has 38 heavy (non-hydrogen) atoms. The van der Waals surface area contributed by atoms with Crippen LogP contribution in [0.25, 0.3) is 0 Å². The van der Waals surface area contributed by atoms with Gasteiger partial charge in [0.2, 0.25) is 0 Å². The fourth-order valence-electron chi connectivity index (χ4n) is 5.29. The van der Waals surface area contributed by atoms with Gasteiger partial charge in [-0.1, -0.05) is 200 Å². The molecule has 0 heterocycles. The van der Waals surface area contributed by atoms with E-state index in [1.807, 2.05) is 0 Å². The molecule has 0 N–H and O–H groups in total. The molecule has 3 heteroatoms. The predicted octanol–water partition coefficient (Wildman–Crippen LogP) is 11.2. The van der Waals surface area contributed by atoms with Gasteiger partial charge < -0.3 is 4.74 Å². The average Bonchev–Trinajstić information content (AvgIpc) is 2.98. The molecule has 0 spiro atoms. The van der Waals surface area contributed by atoms with Gasteiger partial charge in [0.1, 0.15) is 5.60 Å². The highest BCUT2D eigenvalue weighted by Gasteiger charge is 2.40. The van der Waals surface area contributed by atoms with Crippen molar-refractivity contribution < 1.29 is 4.74 Å². The van der Waals surface area contributed by atoms with Gasteiger partial charge in [-0.3, -0.25) is 0 Å². The summed E-state index contributed by atoms with van der Waals surface area (Å²) in [4.78, 5) is 0. The van der Waals surface area contributed by atoms with Gasteiger partial charge in [-0.25, -0.2) is 0 Å². The average molecular weight is 643 g/mol. The maximum Gasteiger partial charge on any atom is 0.143 e. The summed E-state index contributed by atoms with van der Waals surface area (Å²) in [6.45, 7) is 2.89. The maximum atomic E-state index is 7.12. The summed E-state index contributed by atoms with van der Waals surface area (Å²) in [6, 6.07) is 32.0. The van der Waals surface area contributed by atoms with Crippen molar-refractivity contribution >= 4 is 31.9 Å². The van der Waals surface area contributed by atoms with Gasteiger partial charge in [0, 0.05) is 5.33 Å². The number of unbranched alkanes of at least 4 members (excludes halogenated alkanes) is 10. The molecule has 206 valence electrons. The lowest BCUT2D eigenvalue weighted by atomic mass is 9.80. The second-order valence-corrected chi connectivity index (χ2v) is 12.9. The van der Waals surface area contributed by atoms with Crippen LogP contribution in [0.4, 0.5) is 0 Å². The summed E-state index contributed by atoms with van der Waals surface area (Å²) in [5.41, 5.74) is 2.77. The van der Waals surface area contributed by atoms with Crippen LogP contribution in [0.3, 0.4) is 0 Å². The zero-order valence-corrected chi connectivity index (χ0v) is 26.4. The lowest BCUT2D eigenvalue weighted by Crippen LogP contribution is -2.39. The number of rotatable bonds is 19. The Kier molecular flexibility index (Phi) is 14.2. The highest BCUT2D eigenvalue weighted by Crippen LogP contribution is 2.42. The lowest BCUT2D eigenvalue weighted by Gasteiger charge is -2.39. The van der Waals surface area contributed by atoms with E-state index < -0.39 is 5.60 Å². The Labute approximate surface area is 249 Å². The minimum atomic E-state index is -0.678. The van der Waals surface area contributed by atoms with Crippen molar-refractivity contribution in [1.82, 2.24) is 0 Å². The van der Waals surface area contributed by atoms with Crippen LogP contribution >= 0.6 is 31.9 Å². The highest BCUT2D eigenvalue weighted by molar-refractivity contribution is 9.12. The number of ether oxygens (including phenoxy) is 1. The van der Waals surface area contributed by atoms with Crippen LogP contribution in [0.1, 0.15) is 101 Å². The summed E-state index contributed by atoms with van der Waals surface area (Å²) >= 11 is 7.92. The van der Waals surface area contributed by atoms with E-state index in [2.05, 4.69) is 130 Å². The highest BCUT2D eigenvalue weighted by atomic mass is 79.9. The van der Waals surface area contributed by atoms with Crippen LogP contribution in [0.5, 0.6) is 0 Å². The molecule has 1 atom stereocenters. The van der Waals surface area contributed by atoms with Crippen molar-refractivity contribution in [3.05, 3.63) is 108 Å². The minimum absolute atomic E-state index is 0.115. The third-order valence-electron chi connectivity index (χ3n) is 7.56. The summed E-state index contributed by atoms with van der Waals surface area (Å²) in [5.74, 6) is 0. The fraction of sp³-hybridized carbons (Fsp3) is 0.486. The Balaban J connectivity index is 1.64. The van der Waals surface area contributed by atoms with E-state index in [0.717, 1.165) is 28.4 Å². The van der Waals surface area contributed by atoms with Gasteiger partial charge in [0.15, 0.2) is 0 Å². The lowest BCUT2D eigenvalue weighted by molar-refractivity contribution is 0.00206. The van der Waals surface area contributed by atoms with Crippen molar-refractivity contribution in [1.29, 1.82) is 0 Å². The van der Waals surface area contributed by atoms with Gasteiger partial charge in [0.25, 0.3) is 0 Å². The standard InChI is InChI=1S/C35H46Br2O/c1-2-3-4-5-6-7-8-9-10-11-21-28-34(37,29-36)30-38-35(31-22-15-12-16-23-31,32-24-17-13-18-25-32)33-26-19-14-20-27-33/h12-20,22-27H,2-11,21,28-30H2,1H3. The van der Waals surface area contributed by atoms with Crippen molar-refractivity contribution in [2.75, 3.05) is 11.9 Å². The minimum Gasteiger partial charge on any atom is -0.359 e. The van der Waals surface area contributed by atoms with E-state index in [1.165, 1.54) is 70.6 Å². The third kappa shape index (κ3) is 9.35. The molecule has 0 saturated heterocycles. The van der Waals surface area contributed by atoms with Crippen molar-refractivity contribution in [2.45, 2.75) is 93.9 Å². The molecule has 0 aliphatic carbocycles. The SMILES string of the molecule is CCCCCCCCCCCCCC(Br)(CBr)COC(c1ccccc1)(c1ccccc1)c1ccccc1. The molecular weight excluding hydrogens is 596 g/mol. The Morgan fingerprint density at radius 1 is 0.553 bits per heavy atom. The molecule has 3 aromatic carbocycles. The molecule has 3 aromatic rings. The number of halogens is 2.